The van der Waals surface area contributed by atoms with Gasteiger partial charge in [-0.3, -0.25) is 0 Å². The third-order valence-corrected chi connectivity index (χ3v) is 4.45. The summed E-state index contributed by atoms with van der Waals surface area (Å²) in [6.45, 7) is 3.93. The normalized spacial score (nSPS) is 15.1. The second kappa shape index (κ2) is 7.42. The van der Waals surface area contributed by atoms with Gasteiger partial charge >= 0.3 is 0 Å². The Labute approximate surface area is 152 Å². The zero-order valence-electron chi connectivity index (χ0n) is 14.0. The lowest BCUT2D eigenvalue weighted by Gasteiger charge is -2.22. The Hall–Kier alpha value is -2.11. The molecule has 2 aromatic carbocycles. The Morgan fingerprint density at radius 1 is 1.16 bits per heavy atom. The summed E-state index contributed by atoms with van der Waals surface area (Å²) in [6, 6.07) is 12.7. The number of hydrogen-bond donors (Lipinski definition) is 1. The standard InChI is InChI=1S/C19H20FN3O.ClH/c1-13-6-7-15-18(12-13)23(17-5-3-2-4-16(17)20)22-19(15)24-14-8-10-21-11-9-14;/h2-7,12,14,21H,8-11H2,1H3;1H. The number of aryl methyl sites for hydroxylation is 1. The second-order valence-corrected chi connectivity index (χ2v) is 6.26. The molecule has 0 aliphatic carbocycles. The Balaban J connectivity index is 0.00000182. The van der Waals surface area contributed by atoms with E-state index >= 15 is 0 Å². The molecule has 25 heavy (non-hydrogen) atoms. The van der Waals surface area contributed by atoms with Crippen molar-refractivity contribution in [2.75, 3.05) is 13.1 Å². The number of halogens is 2. The highest BCUT2D eigenvalue weighted by atomic mass is 35.5. The number of ether oxygens (including phenoxy) is 1. The minimum Gasteiger partial charge on any atom is -0.473 e. The number of piperidine rings is 1. The summed E-state index contributed by atoms with van der Waals surface area (Å²) in [4.78, 5) is 0. The second-order valence-electron chi connectivity index (χ2n) is 6.26. The zero-order chi connectivity index (χ0) is 16.5. The van der Waals surface area contributed by atoms with Crippen LogP contribution in [0.25, 0.3) is 16.6 Å². The first kappa shape index (κ1) is 17.7. The molecule has 0 unspecified atom stereocenters. The summed E-state index contributed by atoms with van der Waals surface area (Å²) in [5, 5.41) is 8.84. The highest BCUT2D eigenvalue weighted by Gasteiger charge is 2.20. The van der Waals surface area contributed by atoms with Crippen LogP contribution in [0.2, 0.25) is 0 Å². The van der Waals surface area contributed by atoms with Gasteiger partial charge in [-0.2, -0.15) is 0 Å². The van der Waals surface area contributed by atoms with Crippen molar-refractivity contribution in [1.29, 1.82) is 0 Å². The van der Waals surface area contributed by atoms with Crippen molar-refractivity contribution in [1.82, 2.24) is 15.1 Å². The Morgan fingerprint density at radius 2 is 1.92 bits per heavy atom. The van der Waals surface area contributed by atoms with Crippen LogP contribution in [0.1, 0.15) is 18.4 Å². The van der Waals surface area contributed by atoms with E-state index in [0.29, 0.717) is 11.6 Å². The lowest BCUT2D eigenvalue weighted by atomic mass is 10.1. The van der Waals surface area contributed by atoms with Crippen LogP contribution in [0.4, 0.5) is 4.39 Å². The Morgan fingerprint density at radius 3 is 2.68 bits per heavy atom. The first-order valence-electron chi connectivity index (χ1n) is 8.34. The van der Waals surface area contributed by atoms with Gasteiger partial charge in [0.25, 0.3) is 0 Å². The summed E-state index contributed by atoms with van der Waals surface area (Å²) >= 11 is 0. The van der Waals surface area contributed by atoms with Gasteiger partial charge in [0.05, 0.1) is 10.9 Å². The molecule has 132 valence electrons. The van der Waals surface area contributed by atoms with Crippen LogP contribution in [-0.4, -0.2) is 29.0 Å². The van der Waals surface area contributed by atoms with Crippen molar-refractivity contribution in [3.8, 4) is 11.6 Å². The quantitative estimate of drug-likeness (QED) is 0.765. The lowest BCUT2D eigenvalue weighted by molar-refractivity contribution is 0.157. The summed E-state index contributed by atoms with van der Waals surface area (Å²) in [5.74, 6) is 0.289. The summed E-state index contributed by atoms with van der Waals surface area (Å²) in [7, 11) is 0. The van der Waals surface area contributed by atoms with E-state index < -0.39 is 0 Å². The maximum absolute atomic E-state index is 14.3. The van der Waals surface area contributed by atoms with Gasteiger partial charge in [-0.1, -0.05) is 18.2 Å². The van der Waals surface area contributed by atoms with Gasteiger partial charge in [0.2, 0.25) is 5.88 Å². The van der Waals surface area contributed by atoms with E-state index in [1.54, 1.807) is 16.8 Å². The van der Waals surface area contributed by atoms with E-state index in [4.69, 9.17) is 4.74 Å². The molecule has 0 saturated carbocycles. The fourth-order valence-corrected chi connectivity index (χ4v) is 3.16. The topological polar surface area (TPSA) is 39.1 Å². The SMILES string of the molecule is Cc1ccc2c(OC3CCNCC3)nn(-c3ccccc3F)c2c1.Cl. The predicted octanol–water partition coefficient (Wildman–Crippen LogP) is 4.03. The molecule has 6 heteroatoms. The molecule has 0 radical (unpaired) electrons. The van der Waals surface area contributed by atoms with E-state index in [1.807, 2.05) is 31.2 Å². The van der Waals surface area contributed by atoms with Crippen LogP contribution < -0.4 is 10.1 Å². The van der Waals surface area contributed by atoms with Crippen LogP contribution in [0, 0.1) is 12.7 Å². The monoisotopic (exact) mass is 361 g/mol. The van der Waals surface area contributed by atoms with Gasteiger partial charge < -0.3 is 10.1 Å². The van der Waals surface area contributed by atoms with Crippen LogP contribution >= 0.6 is 12.4 Å². The van der Waals surface area contributed by atoms with Crippen molar-refractivity contribution < 1.29 is 9.13 Å². The average Bonchev–Trinajstić information content (AvgIpc) is 2.94. The molecular weight excluding hydrogens is 341 g/mol. The Kier molecular flexibility index (Phi) is 5.25. The molecule has 3 aromatic rings. The summed E-state index contributed by atoms with van der Waals surface area (Å²) < 4.78 is 22.1. The number of nitrogens with one attached hydrogen (secondary N) is 1. The fourth-order valence-electron chi connectivity index (χ4n) is 3.16. The third kappa shape index (κ3) is 3.48. The van der Waals surface area contributed by atoms with E-state index in [2.05, 4.69) is 10.4 Å². The molecule has 2 heterocycles. The molecule has 0 spiro atoms. The van der Waals surface area contributed by atoms with Gasteiger partial charge in [0.15, 0.2) is 0 Å². The number of para-hydroxylation sites is 1. The zero-order valence-corrected chi connectivity index (χ0v) is 14.9. The van der Waals surface area contributed by atoms with E-state index in [9.17, 15) is 4.39 Å². The van der Waals surface area contributed by atoms with Gasteiger partial charge in [-0.25, -0.2) is 9.07 Å². The smallest absolute Gasteiger partial charge is 0.241 e. The minimum absolute atomic E-state index is 0. The molecule has 0 bridgehead atoms. The molecular formula is C19H21ClFN3O. The van der Waals surface area contributed by atoms with E-state index in [1.165, 1.54) is 6.07 Å². The van der Waals surface area contributed by atoms with Crippen molar-refractivity contribution in [2.24, 2.45) is 0 Å². The maximum atomic E-state index is 14.3. The number of nitrogens with zero attached hydrogens (tertiary/aromatic N) is 2. The van der Waals surface area contributed by atoms with Crippen molar-refractivity contribution >= 4 is 23.3 Å². The highest BCUT2D eigenvalue weighted by molar-refractivity contribution is 5.86. The first-order chi connectivity index (χ1) is 11.7. The molecule has 4 nitrogen and oxygen atoms in total. The molecule has 0 atom stereocenters. The van der Waals surface area contributed by atoms with Gasteiger partial charge in [-0.05, 0) is 62.7 Å². The molecule has 1 aliphatic heterocycles. The van der Waals surface area contributed by atoms with Crippen LogP contribution in [0.3, 0.4) is 0 Å². The molecule has 1 N–H and O–H groups in total. The molecule has 1 fully saturated rings. The molecule has 1 aromatic heterocycles. The first-order valence-corrected chi connectivity index (χ1v) is 8.34. The van der Waals surface area contributed by atoms with Crippen LogP contribution in [0.15, 0.2) is 42.5 Å². The minimum atomic E-state index is -0.295. The van der Waals surface area contributed by atoms with Gasteiger partial charge in [0.1, 0.15) is 17.6 Å². The number of aromatic nitrogens is 2. The summed E-state index contributed by atoms with van der Waals surface area (Å²) in [5.41, 5.74) is 2.41. The van der Waals surface area contributed by atoms with Crippen molar-refractivity contribution in [3.63, 3.8) is 0 Å². The number of fused-ring (bicyclic) bond motifs is 1. The Bertz CT molecular complexity index is 874. The molecule has 1 aliphatic rings. The number of benzene rings is 2. The largest absolute Gasteiger partial charge is 0.473 e. The lowest BCUT2D eigenvalue weighted by Crippen LogP contribution is -2.34. The summed E-state index contributed by atoms with van der Waals surface area (Å²) in [6.07, 6.45) is 2.07. The molecule has 0 amide bonds. The molecule has 1 saturated heterocycles. The highest BCUT2D eigenvalue weighted by Crippen LogP contribution is 2.30. The number of rotatable bonds is 3. The number of hydrogen-bond acceptors (Lipinski definition) is 3. The van der Waals surface area contributed by atoms with E-state index in [0.717, 1.165) is 42.4 Å². The van der Waals surface area contributed by atoms with E-state index in [-0.39, 0.29) is 24.3 Å². The van der Waals surface area contributed by atoms with Crippen molar-refractivity contribution in [2.45, 2.75) is 25.9 Å². The third-order valence-electron chi connectivity index (χ3n) is 4.45. The predicted molar refractivity (Wildman–Crippen MR) is 99.5 cm³/mol. The van der Waals surface area contributed by atoms with Gasteiger partial charge in [-0.15, -0.1) is 17.5 Å². The van der Waals surface area contributed by atoms with Crippen LogP contribution in [-0.2, 0) is 0 Å². The fraction of sp³-hybridized carbons (Fsp3) is 0.316. The van der Waals surface area contributed by atoms with Crippen LogP contribution in [0.5, 0.6) is 5.88 Å². The van der Waals surface area contributed by atoms with Gasteiger partial charge in [0, 0.05) is 0 Å². The van der Waals surface area contributed by atoms with Crippen molar-refractivity contribution in [3.05, 3.63) is 53.8 Å². The molecule has 4 rings (SSSR count). The average molecular weight is 362 g/mol. The maximum Gasteiger partial charge on any atom is 0.241 e.